The Balaban J connectivity index is 5.71. The van der Waals surface area contributed by atoms with Crippen molar-refractivity contribution < 1.29 is 14.4 Å². The summed E-state index contributed by atoms with van der Waals surface area (Å²) in [6.45, 7) is 9.66. The largest absolute Gasteiger partial charge is 0.372 e. The molecule has 0 aliphatic carbocycles. The Morgan fingerprint density at radius 3 is 2.11 bits per heavy atom. The molecule has 12 N–H and O–H groups in total. The van der Waals surface area contributed by atoms with Crippen molar-refractivity contribution in [3.8, 4) is 0 Å². The molecule has 0 rings (SSSR count). The molecular weight excluding hydrogens is 450 g/mol. The first-order chi connectivity index (χ1) is 16.6. The Morgan fingerprint density at radius 2 is 1.63 bits per heavy atom. The highest BCUT2D eigenvalue weighted by Crippen LogP contribution is 2.12. The lowest BCUT2D eigenvalue weighted by Gasteiger charge is -2.26. The van der Waals surface area contributed by atoms with Gasteiger partial charge >= 0.3 is 0 Å². The van der Waals surface area contributed by atoms with E-state index in [0.717, 1.165) is 6.42 Å². The molecule has 35 heavy (non-hydrogen) atoms. The number of nitrogens with two attached hydrogens (primary N) is 3. The summed E-state index contributed by atoms with van der Waals surface area (Å²) in [4.78, 5) is 37.8. The third-order valence-electron chi connectivity index (χ3n) is 5.14. The van der Waals surface area contributed by atoms with Crippen LogP contribution in [0.5, 0.6) is 0 Å². The van der Waals surface area contributed by atoms with E-state index in [2.05, 4.69) is 26.6 Å². The van der Waals surface area contributed by atoms with Crippen molar-refractivity contribution in [3.63, 3.8) is 0 Å². The van der Waals surface area contributed by atoms with E-state index in [9.17, 15) is 14.4 Å². The van der Waals surface area contributed by atoms with Crippen LogP contribution in [0.4, 0.5) is 0 Å². The Hall–Kier alpha value is -2.86. The van der Waals surface area contributed by atoms with E-state index in [0.29, 0.717) is 56.7 Å². The van der Waals surface area contributed by atoms with Crippen LogP contribution in [0.3, 0.4) is 0 Å². The number of unbranched alkanes of at least 4 members (excludes halogenated alkanes) is 1. The molecule has 2 amide bonds. The van der Waals surface area contributed by atoms with Crippen LogP contribution in [0, 0.1) is 11.3 Å². The molecule has 0 unspecified atom stereocenters. The fourth-order valence-electron chi connectivity index (χ4n) is 3.44. The zero-order valence-electron chi connectivity index (χ0n) is 21.6. The van der Waals surface area contributed by atoms with Gasteiger partial charge < -0.3 is 43.8 Å². The van der Waals surface area contributed by atoms with Gasteiger partial charge in [0, 0.05) is 25.2 Å². The molecule has 0 spiro atoms. The van der Waals surface area contributed by atoms with E-state index in [-0.39, 0.29) is 18.4 Å². The molecule has 201 valence electrons. The van der Waals surface area contributed by atoms with Gasteiger partial charge in [0.1, 0.15) is 17.9 Å². The lowest BCUT2D eigenvalue weighted by molar-refractivity contribution is -0.130. The minimum atomic E-state index is -1.07. The van der Waals surface area contributed by atoms with Gasteiger partial charge in [0.2, 0.25) is 18.1 Å². The first-order valence-corrected chi connectivity index (χ1v) is 12.3. The van der Waals surface area contributed by atoms with Crippen molar-refractivity contribution in [1.29, 1.82) is 5.41 Å². The van der Waals surface area contributed by atoms with E-state index in [1.54, 1.807) is 0 Å². The molecule has 0 aromatic carbocycles. The van der Waals surface area contributed by atoms with Crippen LogP contribution in [-0.2, 0) is 14.4 Å². The van der Waals surface area contributed by atoms with Gasteiger partial charge in [-0.1, -0.05) is 20.3 Å². The Morgan fingerprint density at radius 1 is 1.00 bits per heavy atom. The second kappa shape index (κ2) is 18.5. The highest BCUT2D eigenvalue weighted by Gasteiger charge is 2.28. The van der Waals surface area contributed by atoms with Crippen molar-refractivity contribution in [1.82, 2.24) is 26.6 Å². The van der Waals surface area contributed by atoms with Gasteiger partial charge in [-0.3, -0.25) is 19.8 Å². The highest BCUT2D eigenvalue weighted by atomic mass is 16.2. The van der Waals surface area contributed by atoms with Crippen molar-refractivity contribution >= 4 is 24.1 Å². The van der Waals surface area contributed by atoms with Crippen LogP contribution >= 0.6 is 0 Å². The van der Waals surface area contributed by atoms with Gasteiger partial charge in [0.15, 0.2) is 5.96 Å². The molecule has 0 aliphatic heterocycles. The summed E-state index contributed by atoms with van der Waals surface area (Å²) < 4.78 is 0. The van der Waals surface area contributed by atoms with Gasteiger partial charge in [0.05, 0.1) is 6.04 Å². The standard InChI is InChI=1S/C23H46N9O3/c1-5-28-20(29-6-2)16(10-12-30-23(26)27)19(14-33)32-22(35)18(13-15(3)4)31-21(34)17(25)9-7-8-11-24/h15,17-19,28-29H,5-13,24-25H2,1-4H3,(H,31,34)(H,32,35)(H4,26,27,30)/t17-,18+,19-/m1/s1. The van der Waals surface area contributed by atoms with Crippen molar-refractivity contribution in [2.24, 2.45) is 23.1 Å². The fraction of sp³-hybridized carbons (Fsp3) is 0.739. The number of hydrogen-bond acceptors (Lipinski definition) is 8. The van der Waals surface area contributed by atoms with Crippen molar-refractivity contribution in [3.05, 3.63) is 11.4 Å². The van der Waals surface area contributed by atoms with Crippen molar-refractivity contribution in [2.45, 2.75) is 77.9 Å². The molecule has 0 bridgehead atoms. The number of carbonyl (C=O) groups excluding carboxylic acids is 3. The first-order valence-electron chi connectivity index (χ1n) is 12.3. The van der Waals surface area contributed by atoms with E-state index in [1.807, 2.05) is 34.0 Å². The maximum atomic E-state index is 13.2. The van der Waals surface area contributed by atoms with E-state index < -0.39 is 29.9 Å². The van der Waals surface area contributed by atoms with Crippen LogP contribution in [0.15, 0.2) is 11.4 Å². The fourth-order valence-corrected chi connectivity index (χ4v) is 3.44. The summed E-state index contributed by atoms with van der Waals surface area (Å²) in [5, 5.41) is 21.9. The van der Waals surface area contributed by atoms with Crippen LogP contribution in [0.1, 0.15) is 59.8 Å². The number of hydrogen-bond donors (Lipinski definition) is 9. The Labute approximate surface area is 209 Å². The lowest BCUT2D eigenvalue weighted by atomic mass is 10.00. The average molecular weight is 497 g/mol. The van der Waals surface area contributed by atoms with Gasteiger partial charge in [0.25, 0.3) is 0 Å². The molecule has 0 saturated heterocycles. The number of nitrogens with one attached hydrogen (secondary N) is 6. The summed E-state index contributed by atoms with van der Waals surface area (Å²) in [7, 11) is 0. The second-order valence-electron chi connectivity index (χ2n) is 8.69. The quantitative estimate of drug-likeness (QED) is 0.0600. The van der Waals surface area contributed by atoms with E-state index in [1.165, 1.54) is 0 Å². The van der Waals surface area contributed by atoms with Gasteiger partial charge in [-0.2, -0.15) is 0 Å². The van der Waals surface area contributed by atoms with Gasteiger partial charge in [-0.15, -0.1) is 0 Å². The van der Waals surface area contributed by atoms with Gasteiger partial charge in [-0.25, -0.2) is 0 Å². The number of guanidine groups is 1. The maximum absolute atomic E-state index is 13.2. The summed E-state index contributed by atoms with van der Waals surface area (Å²) >= 11 is 0. The molecule has 3 atom stereocenters. The predicted molar refractivity (Wildman–Crippen MR) is 139 cm³/mol. The summed E-state index contributed by atoms with van der Waals surface area (Å²) in [5.41, 5.74) is 17.4. The van der Waals surface area contributed by atoms with Crippen LogP contribution in [0.25, 0.3) is 0 Å². The second-order valence-corrected chi connectivity index (χ2v) is 8.69. The lowest BCUT2D eigenvalue weighted by Crippen LogP contribution is -2.54. The topological polar surface area (TPSA) is 213 Å². The van der Waals surface area contributed by atoms with Gasteiger partial charge in [-0.05, 0) is 52.0 Å². The van der Waals surface area contributed by atoms with Crippen LogP contribution in [-0.4, -0.2) is 68.4 Å². The Bertz CT molecular complexity index is 690. The van der Waals surface area contributed by atoms with E-state index in [4.69, 9.17) is 22.6 Å². The molecule has 1 radical (unpaired) electrons. The zero-order chi connectivity index (χ0) is 26.8. The van der Waals surface area contributed by atoms with E-state index >= 15 is 0 Å². The average Bonchev–Trinajstić information content (AvgIpc) is 2.79. The normalized spacial score (nSPS) is 13.2. The molecule has 0 heterocycles. The number of carbonyl (C=O) groups is 2. The predicted octanol–water partition coefficient (Wildman–Crippen LogP) is -1.13. The summed E-state index contributed by atoms with van der Waals surface area (Å²) in [5.74, 6) is -0.417. The third-order valence-corrected chi connectivity index (χ3v) is 5.14. The van der Waals surface area contributed by atoms with Crippen molar-refractivity contribution in [2.75, 3.05) is 26.2 Å². The smallest absolute Gasteiger partial charge is 0.243 e. The zero-order valence-corrected chi connectivity index (χ0v) is 21.6. The molecule has 0 aliphatic rings. The molecule has 0 aromatic rings. The van der Waals surface area contributed by atoms with Crippen LogP contribution < -0.4 is 43.8 Å². The van der Waals surface area contributed by atoms with Crippen LogP contribution in [0.2, 0.25) is 0 Å². The minimum Gasteiger partial charge on any atom is -0.372 e. The third kappa shape index (κ3) is 13.6. The number of amides is 2. The molecule has 12 heteroatoms. The Kier molecular flexibility index (Phi) is 17.0. The monoisotopic (exact) mass is 496 g/mol. The summed E-state index contributed by atoms with van der Waals surface area (Å²) in [6, 6.07) is -2.69. The number of rotatable bonds is 19. The minimum absolute atomic E-state index is 0.104. The molecule has 0 fully saturated rings. The summed E-state index contributed by atoms with van der Waals surface area (Å²) in [6.07, 6.45) is 4.53. The molecular formula is C23H46N9O3. The SMILES string of the molecule is CCNC(NCC)=C(CCNC(=N)N)[C@@H]([C]=O)NC(=O)[C@H](CC(C)C)NC(=O)[C@H](N)CCCCN. The molecule has 12 nitrogen and oxygen atoms in total. The first kappa shape index (κ1) is 32.1. The maximum Gasteiger partial charge on any atom is 0.243 e. The molecule has 0 saturated carbocycles. The highest BCUT2D eigenvalue weighted by molar-refractivity contribution is 5.91. The molecule has 0 aromatic heterocycles.